The zero-order chi connectivity index (χ0) is 12.6. The van der Waals surface area contributed by atoms with E-state index < -0.39 is 20.7 Å². The number of hydrogen-bond donors (Lipinski definition) is 1. The summed E-state index contributed by atoms with van der Waals surface area (Å²) in [5.41, 5.74) is 0. The minimum absolute atomic E-state index is 0.181. The van der Waals surface area contributed by atoms with Crippen molar-refractivity contribution in [1.82, 2.24) is 0 Å². The van der Waals surface area contributed by atoms with Crippen molar-refractivity contribution in [3.63, 3.8) is 0 Å². The molecule has 0 saturated heterocycles. The molecule has 0 atom stereocenters. The van der Waals surface area contributed by atoms with Gasteiger partial charge in [0, 0.05) is 33.5 Å². The molecule has 0 aliphatic carbocycles. The number of hydrogen-bond acceptors (Lipinski definition) is 6. The second-order valence-electron chi connectivity index (χ2n) is 2.57. The number of esters is 1. The summed E-state index contributed by atoms with van der Waals surface area (Å²) in [6.07, 6.45) is 1.29. The van der Waals surface area contributed by atoms with Crippen LogP contribution in [0.5, 0.6) is 0 Å². The van der Waals surface area contributed by atoms with E-state index in [1.54, 1.807) is 0 Å². The van der Waals surface area contributed by atoms with Gasteiger partial charge >= 0.3 is 20.7 Å². The van der Waals surface area contributed by atoms with Gasteiger partial charge in [0.2, 0.25) is 0 Å². The Labute approximate surface area is 93.9 Å². The Hall–Kier alpha value is -1.22. The summed E-state index contributed by atoms with van der Waals surface area (Å²) in [5, 5.41) is 8.27. The van der Waals surface area contributed by atoms with E-state index in [1.165, 1.54) is 21.3 Å². The quantitative estimate of drug-likeness (QED) is 0.373. The van der Waals surface area contributed by atoms with Crippen LogP contribution in [0.1, 0.15) is 0 Å². The van der Waals surface area contributed by atoms with E-state index in [9.17, 15) is 9.59 Å². The molecule has 0 heterocycles. The fourth-order valence-corrected chi connectivity index (χ4v) is 1.95. The van der Waals surface area contributed by atoms with Crippen molar-refractivity contribution in [2.45, 2.75) is 0 Å². The van der Waals surface area contributed by atoms with Gasteiger partial charge in [0.1, 0.15) is 0 Å². The van der Waals surface area contributed by atoms with Crippen molar-refractivity contribution >= 4 is 20.7 Å². The molecule has 0 unspecified atom stereocenters. The van der Waals surface area contributed by atoms with Crippen LogP contribution in [-0.2, 0) is 27.6 Å². The van der Waals surface area contributed by atoms with Gasteiger partial charge in [-0.1, -0.05) is 0 Å². The van der Waals surface area contributed by atoms with Crippen LogP contribution < -0.4 is 0 Å². The van der Waals surface area contributed by atoms with Gasteiger partial charge in [0.15, 0.2) is 6.23 Å². The lowest BCUT2D eigenvalue weighted by molar-refractivity contribution is -0.138. The molecule has 0 aliphatic heterocycles. The van der Waals surface area contributed by atoms with E-state index in [1.807, 2.05) is 0 Å². The summed E-state index contributed by atoms with van der Waals surface area (Å²) < 4.78 is 19.7. The molecule has 0 bridgehead atoms. The van der Waals surface area contributed by atoms with Crippen molar-refractivity contribution in [3.05, 3.63) is 12.2 Å². The van der Waals surface area contributed by atoms with Gasteiger partial charge < -0.3 is 23.1 Å². The third-order valence-electron chi connectivity index (χ3n) is 1.69. The third-order valence-corrected chi connectivity index (χ3v) is 4.05. The van der Waals surface area contributed by atoms with Crippen molar-refractivity contribution in [2.24, 2.45) is 0 Å². The first kappa shape index (κ1) is 14.8. The molecule has 0 fully saturated rings. The summed E-state index contributed by atoms with van der Waals surface area (Å²) in [5.74, 6) is -2.03. The van der Waals surface area contributed by atoms with Crippen LogP contribution in [0.3, 0.4) is 0 Å². The van der Waals surface area contributed by atoms with Crippen LogP contribution in [-0.4, -0.2) is 53.4 Å². The number of carbonyl (C=O) groups excluding carboxylic acids is 1. The first-order valence-electron chi connectivity index (χ1n) is 4.23. The lowest BCUT2D eigenvalue weighted by Crippen LogP contribution is -2.48. The number of rotatable bonds is 7. The zero-order valence-electron chi connectivity index (χ0n) is 9.26. The third kappa shape index (κ3) is 5.03. The molecule has 16 heavy (non-hydrogen) atoms. The number of carboxylic acids is 1. The summed E-state index contributed by atoms with van der Waals surface area (Å²) >= 11 is 0. The molecule has 0 spiro atoms. The molecule has 0 rings (SSSR count). The summed E-state index contributed by atoms with van der Waals surface area (Å²) in [6.45, 7) is 0. The normalized spacial score (nSPS) is 11.7. The van der Waals surface area contributed by atoms with E-state index in [2.05, 4.69) is 0 Å². The molecule has 0 aromatic carbocycles. The second-order valence-corrected chi connectivity index (χ2v) is 5.45. The lowest BCUT2D eigenvalue weighted by atomic mass is 10.5. The molecule has 1 N–H and O–H groups in total. The maximum Gasteiger partial charge on any atom is 0.539 e. The van der Waals surface area contributed by atoms with Crippen LogP contribution in [0.25, 0.3) is 0 Å². The molecular weight excluding hydrogens is 236 g/mol. The number of carbonyl (C=O) groups is 2. The number of aliphatic carboxylic acids is 1. The Kier molecular flexibility index (Phi) is 6.57. The average Bonchev–Trinajstić information content (AvgIpc) is 2.29. The molecule has 92 valence electrons. The highest BCUT2D eigenvalue weighted by Gasteiger charge is 2.39. The monoisotopic (exact) mass is 250 g/mol. The molecule has 0 aliphatic rings. The predicted octanol–water partition coefficient (Wildman–Crippen LogP) is -0.412. The van der Waals surface area contributed by atoms with Gasteiger partial charge in [0.05, 0.1) is 0 Å². The topological polar surface area (TPSA) is 91.3 Å². The summed E-state index contributed by atoms with van der Waals surface area (Å²) in [7, 11) is 1.16. The number of carboxylic acid groups (broad SMARTS) is 1. The SMILES string of the molecule is CO[Si](COC(=O)C=CC(=O)O)(OC)OC. The average molecular weight is 250 g/mol. The largest absolute Gasteiger partial charge is 0.539 e. The minimum Gasteiger partial charge on any atom is -0.478 e. The Morgan fingerprint density at radius 3 is 2.00 bits per heavy atom. The van der Waals surface area contributed by atoms with E-state index >= 15 is 0 Å². The lowest BCUT2D eigenvalue weighted by Gasteiger charge is -2.23. The first-order valence-corrected chi connectivity index (χ1v) is 6.16. The number of ether oxygens (including phenoxy) is 1. The van der Waals surface area contributed by atoms with Gasteiger partial charge in [-0.05, 0) is 0 Å². The van der Waals surface area contributed by atoms with Gasteiger partial charge in [-0.15, -0.1) is 0 Å². The van der Waals surface area contributed by atoms with Gasteiger partial charge in [0.25, 0.3) is 0 Å². The molecule has 0 radical (unpaired) electrons. The van der Waals surface area contributed by atoms with E-state index in [4.69, 9.17) is 23.1 Å². The molecule has 7 nitrogen and oxygen atoms in total. The van der Waals surface area contributed by atoms with Crippen molar-refractivity contribution in [2.75, 3.05) is 27.6 Å². The Balaban J connectivity index is 4.21. The van der Waals surface area contributed by atoms with E-state index in [0.29, 0.717) is 6.08 Å². The van der Waals surface area contributed by atoms with Gasteiger partial charge in [-0.2, -0.15) is 0 Å². The first-order chi connectivity index (χ1) is 7.49. The fourth-order valence-electron chi connectivity index (χ4n) is 0.774. The highest BCUT2D eigenvalue weighted by Crippen LogP contribution is 2.06. The van der Waals surface area contributed by atoms with Gasteiger partial charge in [-0.25, -0.2) is 9.59 Å². The predicted molar refractivity (Wildman–Crippen MR) is 54.5 cm³/mol. The van der Waals surface area contributed by atoms with Crippen LogP contribution in [0, 0.1) is 0 Å². The standard InChI is InChI=1S/C8H14O7Si/c1-12-16(13-2,14-3)6-15-8(11)5-4-7(9)10/h4-5H,6H2,1-3H3,(H,9,10). The molecule has 0 aromatic rings. The van der Waals surface area contributed by atoms with Crippen LogP contribution >= 0.6 is 0 Å². The zero-order valence-corrected chi connectivity index (χ0v) is 10.3. The Bertz CT molecular complexity index is 263. The molecule has 0 amide bonds. The second kappa shape index (κ2) is 7.12. The maximum absolute atomic E-state index is 11.0. The fraction of sp³-hybridized carbons (Fsp3) is 0.500. The molecule has 0 saturated carbocycles. The van der Waals surface area contributed by atoms with Crippen LogP contribution in [0.15, 0.2) is 12.2 Å². The summed E-state index contributed by atoms with van der Waals surface area (Å²) in [4.78, 5) is 21.1. The van der Waals surface area contributed by atoms with E-state index in [0.717, 1.165) is 6.08 Å². The summed E-state index contributed by atoms with van der Waals surface area (Å²) in [6, 6.07) is 0. The van der Waals surface area contributed by atoms with Crippen LogP contribution in [0.4, 0.5) is 0 Å². The van der Waals surface area contributed by atoms with Crippen molar-refractivity contribution in [1.29, 1.82) is 0 Å². The molecular formula is C8H14O7Si. The maximum atomic E-state index is 11.0. The Morgan fingerprint density at radius 1 is 1.12 bits per heavy atom. The van der Waals surface area contributed by atoms with Crippen LogP contribution in [0.2, 0.25) is 0 Å². The van der Waals surface area contributed by atoms with E-state index in [-0.39, 0.29) is 6.23 Å². The molecule has 0 aromatic heterocycles. The highest BCUT2D eigenvalue weighted by atomic mass is 28.4. The molecule has 8 heteroatoms. The highest BCUT2D eigenvalue weighted by molar-refractivity contribution is 6.60. The smallest absolute Gasteiger partial charge is 0.478 e. The Morgan fingerprint density at radius 2 is 1.62 bits per heavy atom. The van der Waals surface area contributed by atoms with Crippen molar-refractivity contribution < 1.29 is 32.7 Å². The minimum atomic E-state index is -2.96. The van der Waals surface area contributed by atoms with Gasteiger partial charge in [-0.3, -0.25) is 0 Å². The van der Waals surface area contributed by atoms with Crippen molar-refractivity contribution in [3.8, 4) is 0 Å².